The number of benzene rings is 1. The van der Waals surface area contributed by atoms with E-state index in [2.05, 4.69) is 31.3 Å². The zero-order valence-electron chi connectivity index (χ0n) is 11.0. The second kappa shape index (κ2) is 7.13. The summed E-state index contributed by atoms with van der Waals surface area (Å²) in [6.45, 7) is 4.71. The first-order valence-corrected chi connectivity index (χ1v) is 6.33. The Kier molecular flexibility index (Phi) is 5.82. The van der Waals surface area contributed by atoms with Gasteiger partial charge >= 0.3 is 0 Å². The number of aliphatic hydroxyl groups is 1. The van der Waals surface area contributed by atoms with E-state index in [-0.39, 0.29) is 6.54 Å². The van der Waals surface area contributed by atoms with Gasteiger partial charge in [-0.05, 0) is 23.5 Å². The topological polar surface area (TPSA) is 75.3 Å². The first kappa shape index (κ1) is 14.7. The molecule has 1 amide bonds. The second-order valence-electron chi connectivity index (χ2n) is 4.52. The predicted molar refractivity (Wildman–Crippen MR) is 72.1 cm³/mol. The third-order valence-electron chi connectivity index (χ3n) is 3.15. The molecule has 0 aliphatic rings. The van der Waals surface area contributed by atoms with Gasteiger partial charge < -0.3 is 16.2 Å². The molecule has 0 radical (unpaired) electrons. The second-order valence-corrected chi connectivity index (χ2v) is 4.52. The molecule has 0 saturated heterocycles. The van der Waals surface area contributed by atoms with E-state index in [1.807, 2.05) is 12.1 Å². The lowest BCUT2D eigenvalue weighted by atomic mass is 9.98. The van der Waals surface area contributed by atoms with Crippen molar-refractivity contribution in [2.75, 3.05) is 6.54 Å². The Hall–Kier alpha value is -1.39. The van der Waals surface area contributed by atoms with Crippen molar-refractivity contribution in [2.45, 2.75) is 38.8 Å². The van der Waals surface area contributed by atoms with Gasteiger partial charge in [0.25, 0.3) is 0 Å². The lowest BCUT2D eigenvalue weighted by molar-refractivity contribution is -0.128. The van der Waals surface area contributed by atoms with E-state index in [1.54, 1.807) is 0 Å². The van der Waals surface area contributed by atoms with E-state index in [4.69, 9.17) is 5.73 Å². The Morgan fingerprint density at radius 3 is 2.50 bits per heavy atom. The van der Waals surface area contributed by atoms with Crippen molar-refractivity contribution in [2.24, 2.45) is 5.73 Å². The van der Waals surface area contributed by atoms with Crippen LogP contribution in [0, 0.1) is 0 Å². The molecule has 0 aliphatic carbocycles. The van der Waals surface area contributed by atoms with Crippen LogP contribution < -0.4 is 11.1 Å². The molecule has 0 spiro atoms. The third kappa shape index (κ3) is 4.13. The number of hydrogen-bond donors (Lipinski definition) is 3. The molecule has 0 bridgehead atoms. The van der Waals surface area contributed by atoms with Crippen molar-refractivity contribution in [3.63, 3.8) is 0 Å². The summed E-state index contributed by atoms with van der Waals surface area (Å²) < 4.78 is 0. The number of nitrogens with one attached hydrogen (secondary N) is 1. The van der Waals surface area contributed by atoms with E-state index < -0.39 is 12.0 Å². The highest BCUT2D eigenvalue weighted by molar-refractivity contribution is 5.80. The van der Waals surface area contributed by atoms with Crippen molar-refractivity contribution < 1.29 is 9.90 Å². The van der Waals surface area contributed by atoms with Crippen molar-refractivity contribution in [3.05, 3.63) is 35.4 Å². The average molecular weight is 250 g/mol. The van der Waals surface area contributed by atoms with Gasteiger partial charge in [-0.25, -0.2) is 0 Å². The van der Waals surface area contributed by atoms with Crippen molar-refractivity contribution in [3.8, 4) is 0 Å². The lowest BCUT2D eigenvalue weighted by Gasteiger charge is -2.11. The normalized spacial score (nSPS) is 14.0. The molecular weight excluding hydrogens is 228 g/mol. The summed E-state index contributed by atoms with van der Waals surface area (Å²) in [6, 6.07) is 8.15. The highest BCUT2D eigenvalue weighted by Gasteiger charge is 2.11. The number of nitrogens with two attached hydrogens (primary N) is 1. The summed E-state index contributed by atoms with van der Waals surface area (Å²) in [6.07, 6.45) is -0.0110. The fourth-order valence-electron chi connectivity index (χ4n) is 1.61. The fourth-order valence-corrected chi connectivity index (χ4v) is 1.61. The first-order valence-electron chi connectivity index (χ1n) is 6.33. The van der Waals surface area contributed by atoms with Crippen LogP contribution in [-0.2, 0) is 11.3 Å². The van der Waals surface area contributed by atoms with Crippen LogP contribution in [0.15, 0.2) is 24.3 Å². The smallest absolute Gasteiger partial charge is 0.250 e. The fraction of sp³-hybridized carbons (Fsp3) is 0.500. The zero-order valence-corrected chi connectivity index (χ0v) is 11.0. The Morgan fingerprint density at radius 1 is 1.39 bits per heavy atom. The number of aliphatic hydroxyl groups excluding tert-OH is 1. The van der Waals surface area contributed by atoms with Crippen LogP contribution in [0.25, 0.3) is 0 Å². The molecule has 18 heavy (non-hydrogen) atoms. The molecule has 2 atom stereocenters. The summed E-state index contributed by atoms with van der Waals surface area (Å²) in [5, 5.41) is 11.9. The van der Waals surface area contributed by atoms with Crippen LogP contribution in [0.2, 0.25) is 0 Å². The quantitative estimate of drug-likeness (QED) is 0.708. The maximum atomic E-state index is 11.3. The summed E-state index contributed by atoms with van der Waals surface area (Å²) in [5.74, 6) is 0.121. The Labute approximate surface area is 108 Å². The third-order valence-corrected chi connectivity index (χ3v) is 3.15. The van der Waals surface area contributed by atoms with E-state index >= 15 is 0 Å². The van der Waals surface area contributed by atoms with Crippen molar-refractivity contribution in [1.82, 2.24) is 5.32 Å². The minimum Gasteiger partial charge on any atom is -0.382 e. The molecule has 1 aromatic rings. The highest BCUT2D eigenvalue weighted by Crippen LogP contribution is 2.18. The maximum Gasteiger partial charge on any atom is 0.250 e. The molecule has 0 saturated carbocycles. The van der Waals surface area contributed by atoms with E-state index in [0.29, 0.717) is 12.5 Å². The van der Waals surface area contributed by atoms with Crippen molar-refractivity contribution >= 4 is 5.91 Å². The Bertz CT molecular complexity index is 376. The van der Waals surface area contributed by atoms with Gasteiger partial charge in [0.15, 0.2) is 0 Å². The van der Waals surface area contributed by atoms with Crippen molar-refractivity contribution in [1.29, 1.82) is 0 Å². The first-order chi connectivity index (χ1) is 8.58. The number of rotatable bonds is 6. The minimum atomic E-state index is -1.12. The molecule has 2 unspecified atom stereocenters. The van der Waals surface area contributed by atoms with E-state index in [9.17, 15) is 9.90 Å². The molecule has 0 aliphatic heterocycles. The minimum absolute atomic E-state index is 0.0568. The van der Waals surface area contributed by atoms with Gasteiger partial charge in [0.2, 0.25) is 5.91 Å². The number of amides is 1. The van der Waals surface area contributed by atoms with Gasteiger partial charge in [0.05, 0.1) is 0 Å². The summed E-state index contributed by atoms with van der Waals surface area (Å²) in [5.41, 5.74) is 7.51. The highest BCUT2D eigenvalue weighted by atomic mass is 16.3. The molecule has 0 aromatic heterocycles. The standard InChI is InChI=1S/C14H22N2O2/c1-3-10(2)12-6-4-11(5-7-12)9-16-14(18)13(17)8-15/h4-7,10,13,17H,3,8-9,15H2,1-2H3,(H,16,18). The Balaban J connectivity index is 2.51. The van der Waals surface area contributed by atoms with Gasteiger partial charge in [0.1, 0.15) is 6.10 Å². The monoisotopic (exact) mass is 250 g/mol. The molecule has 100 valence electrons. The summed E-state index contributed by atoms with van der Waals surface area (Å²) in [7, 11) is 0. The van der Waals surface area contributed by atoms with Crippen LogP contribution in [0.1, 0.15) is 37.3 Å². The van der Waals surface area contributed by atoms with Gasteiger partial charge in [-0.2, -0.15) is 0 Å². The summed E-state index contributed by atoms with van der Waals surface area (Å²) in [4.78, 5) is 11.3. The van der Waals surface area contributed by atoms with Gasteiger partial charge in [-0.3, -0.25) is 4.79 Å². The molecule has 0 fully saturated rings. The molecule has 0 heterocycles. The van der Waals surface area contributed by atoms with Crippen LogP contribution in [0.5, 0.6) is 0 Å². The number of hydrogen-bond acceptors (Lipinski definition) is 3. The molecule has 4 nitrogen and oxygen atoms in total. The SMILES string of the molecule is CCC(C)c1ccc(CNC(=O)C(O)CN)cc1. The van der Waals surface area contributed by atoms with E-state index in [0.717, 1.165) is 12.0 Å². The van der Waals surface area contributed by atoms with Crippen LogP contribution in [0.3, 0.4) is 0 Å². The van der Waals surface area contributed by atoms with Crippen LogP contribution >= 0.6 is 0 Å². The number of carbonyl (C=O) groups is 1. The largest absolute Gasteiger partial charge is 0.382 e. The van der Waals surface area contributed by atoms with Gasteiger partial charge in [-0.1, -0.05) is 38.1 Å². The van der Waals surface area contributed by atoms with Gasteiger partial charge in [0, 0.05) is 13.1 Å². The molecular formula is C14H22N2O2. The Morgan fingerprint density at radius 2 is 2.00 bits per heavy atom. The maximum absolute atomic E-state index is 11.3. The summed E-state index contributed by atoms with van der Waals surface area (Å²) >= 11 is 0. The predicted octanol–water partition coefficient (Wildman–Crippen LogP) is 1.14. The van der Waals surface area contributed by atoms with E-state index in [1.165, 1.54) is 5.56 Å². The zero-order chi connectivity index (χ0) is 13.5. The average Bonchev–Trinajstić information content (AvgIpc) is 2.43. The molecule has 1 aromatic carbocycles. The molecule has 1 rings (SSSR count). The molecule has 4 N–H and O–H groups in total. The molecule has 4 heteroatoms. The number of carbonyl (C=O) groups excluding carboxylic acids is 1. The van der Waals surface area contributed by atoms with Crippen LogP contribution in [-0.4, -0.2) is 23.7 Å². The van der Waals surface area contributed by atoms with Crippen LogP contribution in [0.4, 0.5) is 0 Å². The van der Waals surface area contributed by atoms with Gasteiger partial charge in [-0.15, -0.1) is 0 Å². The lowest BCUT2D eigenvalue weighted by Crippen LogP contribution is -2.38.